The molecular formula is C13H26N2O2. The van der Waals surface area contributed by atoms with Gasteiger partial charge in [0.2, 0.25) is 5.91 Å². The molecule has 1 saturated heterocycles. The van der Waals surface area contributed by atoms with Gasteiger partial charge in [0.25, 0.3) is 0 Å². The van der Waals surface area contributed by atoms with Crippen LogP contribution in [0.1, 0.15) is 40.0 Å². The maximum atomic E-state index is 11.8. The minimum Gasteiger partial charge on any atom is -0.371 e. The predicted molar refractivity (Wildman–Crippen MR) is 68.9 cm³/mol. The zero-order chi connectivity index (χ0) is 12.7. The maximum Gasteiger partial charge on any atom is 0.222 e. The molecule has 0 aromatic carbocycles. The van der Waals surface area contributed by atoms with Gasteiger partial charge in [-0.2, -0.15) is 0 Å². The minimum absolute atomic E-state index is 0.102. The van der Waals surface area contributed by atoms with Crippen LogP contribution in [0.5, 0.6) is 0 Å². The monoisotopic (exact) mass is 242 g/mol. The van der Waals surface area contributed by atoms with E-state index in [0.717, 1.165) is 39.0 Å². The molecule has 2 unspecified atom stereocenters. The smallest absolute Gasteiger partial charge is 0.222 e. The summed E-state index contributed by atoms with van der Waals surface area (Å²) in [6.07, 6.45) is 2.91. The molecule has 1 fully saturated rings. The third-order valence-corrected chi connectivity index (χ3v) is 3.53. The summed E-state index contributed by atoms with van der Waals surface area (Å²) < 4.78 is 5.83. The van der Waals surface area contributed by atoms with Crippen molar-refractivity contribution in [3.8, 4) is 0 Å². The number of ether oxygens (including phenoxy) is 1. The molecule has 1 aliphatic rings. The fourth-order valence-electron chi connectivity index (χ4n) is 2.16. The van der Waals surface area contributed by atoms with Gasteiger partial charge in [-0.05, 0) is 12.8 Å². The number of nitrogens with one attached hydrogen (secondary N) is 2. The van der Waals surface area contributed by atoms with E-state index in [1.807, 2.05) is 6.92 Å². The van der Waals surface area contributed by atoms with Crippen LogP contribution in [0.2, 0.25) is 0 Å². The molecular weight excluding hydrogens is 216 g/mol. The van der Waals surface area contributed by atoms with Gasteiger partial charge in [-0.15, -0.1) is 0 Å². The molecule has 0 bridgehead atoms. The lowest BCUT2D eigenvalue weighted by Gasteiger charge is -2.37. The number of carbonyl (C=O) groups is 1. The van der Waals surface area contributed by atoms with Crippen molar-refractivity contribution in [2.24, 2.45) is 5.92 Å². The number of carbonyl (C=O) groups excluding carboxylic acids is 1. The molecule has 0 aromatic rings. The molecule has 0 aliphatic carbocycles. The first-order chi connectivity index (χ1) is 8.13. The lowest BCUT2D eigenvalue weighted by atomic mass is 9.98. The maximum absolute atomic E-state index is 11.8. The number of morpholine rings is 1. The predicted octanol–water partition coefficient (Wildman–Crippen LogP) is 1.31. The van der Waals surface area contributed by atoms with Crippen LogP contribution in [-0.4, -0.2) is 37.7 Å². The molecule has 0 radical (unpaired) electrons. The van der Waals surface area contributed by atoms with Crippen LogP contribution >= 0.6 is 0 Å². The van der Waals surface area contributed by atoms with Crippen molar-refractivity contribution in [3.63, 3.8) is 0 Å². The molecule has 1 heterocycles. The Hall–Kier alpha value is -0.610. The van der Waals surface area contributed by atoms with Crippen LogP contribution in [0.3, 0.4) is 0 Å². The van der Waals surface area contributed by atoms with E-state index in [1.165, 1.54) is 0 Å². The van der Waals surface area contributed by atoms with Gasteiger partial charge in [-0.3, -0.25) is 4.79 Å². The van der Waals surface area contributed by atoms with Crippen LogP contribution in [0, 0.1) is 5.92 Å². The van der Waals surface area contributed by atoms with E-state index >= 15 is 0 Å². The second kappa shape index (κ2) is 6.97. The molecule has 4 heteroatoms. The van der Waals surface area contributed by atoms with Gasteiger partial charge >= 0.3 is 0 Å². The number of hydrogen-bond donors (Lipinski definition) is 2. The van der Waals surface area contributed by atoms with Crippen LogP contribution in [0.25, 0.3) is 0 Å². The van der Waals surface area contributed by atoms with Crippen molar-refractivity contribution in [3.05, 3.63) is 0 Å². The van der Waals surface area contributed by atoms with E-state index in [-0.39, 0.29) is 17.4 Å². The van der Waals surface area contributed by atoms with E-state index in [0.29, 0.717) is 6.54 Å². The Balaban J connectivity index is 2.39. The Labute approximate surface area is 104 Å². The molecule has 0 spiro atoms. The first-order valence-electron chi connectivity index (χ1n) is 6.76. The lowest BCUT2D eigenvalue weighted by molar-refractivity contribution is -0.127. The highest BCUT2D eigenvalue weighted by atomic mass is 16.5. The van der Waals surface area contributed by atoms with Crippen LogP contribution in [-0.2, 0) is 9.53 Å². The summed E-state index contributed by atoms with van der Waals surface area (Å²) in [6.45, 7) is 9.27. The number of rotatable bonds is 6. The largest absolute Gasteiger partial charge is 0.371 e. The second-order valence-corrected chi connectivity index (χ2v) is 4.97. The zero-order valence-corrected chi connectivity index (χ0v) is 11.3. The quantitative estimate of drug-likeness (QED) is 0.738. The molecule has 2 N–H and O–H groups in total. The summed E-state index contributed by atoms with van der Waals surface area (Å²) in [6, 6.07) is 0. The fourth-order valence-corrected chi connectivity index (χ4v) is 2.16. The SMILES string of the molecule is CCCC(C)C(=O)NCC1(CC)CNCCO1. The van der Waals surface area contributed by atoms with Crippen LogP contribution in [0.15, 0.2) is 0 Å². The molecule has 1 aliphatic heterocycles. The van der Waals surface area contributed by atoms with Crippen molar-refractivity contribution in [1.29, 1.82) is 0 Å². The second-order valence-electron chi connectivity index (χ2n) is 4.97. The number of amides is 1. The van der Waals surface area contributed by atoms with E-state index in [1.54, 1.807) is 0 Å². The molecule has 100 valence electrons. The summed E-state index contributed by atoms with van der Waals surface area (Å²) in [5, 5.41) is 6.35. The Kier molecular flexibility index (Phi) is 5.92. The summed E-state index contributed by atoms with van der Waals surface area (Å²) in [5.74, 6) is 0.249. The molecule has 0 saturated carbocycles. The molecule has 1 rings (SSSR count). The lowest BCUT2D eigenvalue weighted by Crippen LogP contribution is -2.56. The molecule has 17 heavy (non-hydrogen) atoms. The minimum atomic E-state index is -0.208. The first-order valence-corrected chi connectivity index (χ1v) is 6.76. The van der Waals surface area contributed by atoms with Gasteiger partial charge < -0.3 is 15.4 Å². The van der Waals surface area contributed by atoms with Crippen molar-refractivity contribution in [2.75, 3.05) is 26.2 Å². The summed E-state index contributed by atoms with van der Waals surface area (Å²) >= 11 is 0. The van der Waals surface area contributed by atoms with Gasteiger partial charge in [0.1, 0.15) is 0 Å². The average molecular weight is 242 g/mol. The molecule has 1 amide bonds. The molecule has 4 nitrogen and oxygen atoms in total. The standard InChI is InChI=1S/C13H26N2O2/c1-4-6-11(3)12(16)15-10-13(5-2)9-14-7-8-17-13/h11,14H,4-10H2,1-3H3,(H,15,16). The Morgan fingerprint density at radius 3 is 2.82 bits per heavy atom. The van der Waals surface area contributed by atoms with E-state index in [2.05, 4.69) is 24.5 Å². The molecule has 0 aromatic heterocycles. The first kappa shape index (κ1) is 14.5. The van der Waals surface area contributed by atoms with Crippen molar-refractivity contribution in [1.82, 2.24) is 10.6 Å². The Morgan fingerprint density at radius 2 is 2.29 bits per heavy atom. The number of hydrogen-bond acceptors (Lipinski definition) is 3. The third-order valence-electron chi connectivity index (χ3n) is 3.53. The summed E-state index contributed by atoms with van der Waals surface area (Å²) in [7, 11) is 0. The highest BCUT2D eigenvalue weighted by Crippen LogP contribution is 2.17. The van der Waals surface area contributed by atoms with Gasteiger partial charge in [0, 0.05) is 25.6 Å². The van der Waals surface area contributed by atoms with E-state index in [9.17, 15) is 4.79 Å². The fraction of sp³-hybridized carbons (Fsp3) is 0.923. The van der Waals surface area contributed by atoms with Crippen molar-refractivity contribution >= 4 is 5.91 Å². The summed E-state index contributed by atoms with van der Waals surface area (Å²) in [4.78, 5) is 11.8. The van der Waals surface area contributed by atoms with E-state index < -0.39 is 0 Å². The van der Waals surface area contributed by atoms with Gasteiger partial charge in [0.05, 0.1) is 12.2 Å². The van der Waals surface area contributed by atoms with Crippen molar-refractivity contribution in [2.45, 2.75) is 45.6 Å². The molecule has 2 atom stereocenters. The van der Waals surface area contributed by atoms with E-state index in [4.69, 9.17) is 4.74 Å². The third kappa shape index (κ3) is 4.28. The van der Waals surface area contributed by atoms with Crippen LogP contribution < -0.4 is 10.6 Å². The average Bonchev–Trinajstić information content (AvgIpc) is 2.37. The highest BCUT2D eigenvalue weighted by Gasteiger charge is 2.32. The van der Waals surface area contributed by atoms with Crippen molar-refractivity contribution < 1.29 is 9.53 Å². The highest BCUT2D eigenvalue weighted by molar-refractivity contribution is 5.78. The van der Waals surface area contributed by atoms with Gasteiger partial charge in [-0.1, -0.05) is 27.2 Å². The van der Waals surface area contributed by atoms with Gasteiger partial charge in [-0.25, -0.2) is 0 Å². The zero-order valence-electron chi connectivity index (χ0n) is 11.3. The normalized spacial score (nSPS) is 26.5. The Bertz CT molecular complexity index is 238. The summed E-state index contributed by atoms with van der Waals surface area (Å²) in [5.41, 5.74) is -0.208. The van der Waals surface area contributed by atoms with Gasteiger partial charge in [0.15, 0.2) is 0 Å². The topological polar surface area (TPSA) is 50.4 Å². The van der Waals surface area contributed by atoms with Crippen LogP contribution in [0.4, 0.5) is 0 Å². The Morgan fingerprint density at radius 1 is 1.53 bits per heavy atom.